The van der Waals surface area contributed by atoms with E-state index < -0.39 is 5.60 Å². The summed E-state index contributed by atoms with van der Waals surface area (Å²) >= 11 is 0. The highest BCUT2D eigenvalue weighted by atomic mass is 19.1. The van der Waals surface area contributed by atoms with E-state index in [9.17, 15) is 9.50 Å². The molecule has 0 spiro atoms. The fraction of sp³-hybridized carbons (Fsp3) is 0.368. The standard InChI is InChI=1S/C19H21FO/c1-14-13-17(7-8-18(14)20)19(21)11-9-16(10-12-19)15-5-3-2-4-6-15/h2-8,13,16,21H,9-12H2,1H3. The third-order valence-electron chi connectivity index (χ3n) is 4.78. The van der Waals surface area contributed by atoms with Crippen molar-refractivity contribution in [2.24, 2.45) is 0 Å². The summed E-state index contributed by atoms with van der Waals surface area (Å²) in [4.78, 5) is 0. The summed E-state index contributed by atoms with van der Waals surface area (Å²) in [6.45, 7) is 1.75. The van der Waals surface area contributed by atoms with Crippen molar-refractivity contribution in [2.45, 2.75) is 44.1 Å². The molecule has 1 nitrogen and oxygen atoms in total. The van der Waals surface area contributed by atoms with E-state index in [1.165, 1.54) is 11.6 Å². The molecule has 0 radical (unpaired) electrons. The molecule has 0 atom stereocenters. The topological polar surface area (TPSA) is 20.2 Å². The first-order valence-corrected chi connectivity index (χ1v) is 7.62. The van der Waals surface area contributed by atoms with E-state index in [2.05, 4.69) is 24.3 Å². The Labute approximate surface area is 125 Å². The molecule has 2 aromatic rings. The zero-order chi connectivity index (χ0) is 14.9. The van der Waals surface area contributed by atoms with Gasteiger partial charge in [-0.25, -0.2) is 4.39 Å². The van der Waals surface area contributed by atoms with Gasteiger partial charge in [0, 0.05) is 0 Å². The first-order chi connectivity index (χ1) is 10.1. The van der Waals surface area contributed by atoms with Crippen LogP contribution in [0.25, 0.3) is 0 Å². The average Bonchev–Trinajstić information content (AvgIpc) is 2.51. The van der Waals surface area contributed by atoms with Gasteiger partial charge in [-0.3, -0.25) is 0 Å². The van der Waals surface area contributed by atoms with Gasteiger partial charge >= 0.3 is 0 Å². The van der Waals surface area contributed by atoms with Crippen LogP contribution in [0.4, 0.5) is 4.39 Å². The Morgan fingerprint density at radius 1 is 1.05 bits per heavy atom. The minimum atomic E-state index is -0.802. The monoisotopic (exact) mass is 284 g/mol. The first-order valence-electron chi connectivity index (χ1n) is 7.62. The van der Waals surface area contributed by atoms with Gasteiger partial charge in [0.1, 0.15) is 5.82 Å². The van der Waals surface area contributed by atoms with Crippen LogP contribution in [0.2, 0.25) is 0 Å². The molecule has 0 aromatic heterocycles. The van der Waals surface area contributed by atoms with Gasteiger partial charge in [0.2, 0.25) is 0 Å². The average molecular weight is 284 g/mol. The molecule has 0 unspecified atom stereocenters. The number of aryl methyl sites for hydroxylation is 1. The molecule has 1 fully saturated rings. The molecule has 0 amide bonds. The molecule has 1 aliphatic rings. The predicted octanol–water partition coefficient (Wildman–Crippen LogP) is 4.68. The Morgan fingerprint density at radius 3 is 2.33 bits per heavy atom. The van der Waals surface area contributed by atoms with Crippen LogP contribution in [0, 0.1) is 12.7 Å². The smallest absolute Gasteiger partial charge is 0.126 e. The summed E-state index contributed by atoms with van der Waals surface area (Å²) in [5.41, 5.74) is 2.01. The molecule has 21 heavy (non-hydrogen) atoms. The molecule has 0 heterocycles. The van der Waals surface area contributed by atoms with Crippen molar-refractivity contribution in [2.75, 3.05) is 0 Å². The van der Waals surface area contributed by atoms with Gasteiger partial charge in [-0.15, -0.1) is 0 Å². The lowest BCUT2D eigenvalue weighted by molar-refractivity contribution is -0.00576. The van der Waals surface area contributed by atoms with Crippen molar-refractivity contribution in [3.63, 3.8) is 0 Å². The summed E-state index contributed by atoms with van der Waals surface area (Å²) in [7, 11) is 0. The van der Waals surface area contributed by atoms with E-state index in [0.717, 1.165) is 31.2 Å². The molecule has 1 aliphatic carbocycles. The van der Waals surface area contributed by atoms with Crippen molar-refractivity contribution >= 4 is 0 Å². The van der Waals surface area contributed by atoms with E-state index in [1.807, 2.05) is 6.07 Å². The predicted molar refractivity (Wildman–Crippen MR) is 82.7 cm³/mol. The van der Waals surface area contributed by atoms with Crippen LogP contribution in [0.3, 0.4) is 0 Å². The second-order valence-electron chi connectivity index (χ2n) is 6.18. The fourth-order valence-corrected chi connectivity index (χ4v) is 3.38. The van der Waals surface area contributed by atoms with Gasteiger partial charge in [-0.05, 0) is 61.3 Å². The molecular weight excluding hydrogens is 263 g/mol. The van der Waals surface area contributed by atoms with E-state index in [0.29, 0.717) is 11.5 Å². The highest BCUT2D eigenvalue weighted by molar-refractivity contribution is 5.30. The van der Waals surface area contributed by atoms with E-state index >= 15 is 0 Å². The van der Waals surface area contributed by atoms with Crippen molar-refractivity contribution in [3.05, 3.63) is 71.0 Å². The number of hydrogen-bond donors (Lipinski definition) is 1. The Bertz CT molecular complexity index is 613. The summed E-state index contributed by atoms with van der Waals surface area (Å²) < 4.78 is 13.4. The molecule has 2 heteroatoms. The summed E-state index contributed by atoms with van der Waals surface area (Å²) in [6, 6.07) is 15.5. The van der Waals surface area contributed by atoms with Gasteiger partial charge in [-0.2, -0.15) is 0 Å². The SMILES string of the molecule is Cc1cc(C2(O)CCC(c3ccccc3)CC2)ccc1F. The fourth-order valence-electron chi connectivity index (χ4n) is 3.38. The summed E-state index contributed by atoms with van der Waals surface area (Å²) in [6.07, 6.45) is 3.41. The maximum absolute atomic E-state index is 13.4. The third kappa shape index (κ3) is 2.86. The molecule has 110 valence electrons. The highest BCUT2D eigenvalue weighted by Crippen LogP contribution is 2.43. The van der Waals surface area contributed by atoms with Crippen LogP contribution in [0.5, 0.6) is 0 Å². The van der Waals surface area contributed by atoms with E-state index in [4.69, 9.17) is 0 Å². The molecule has 0 aliphatic heterocycles. The van der Waals surface area contributed by atoms with Crippen LogP contribution in [-0.4, -0.2) is 5.11 Å². The molecule has 2 aromatic carbocycles. The number of aliphatic hydroxyl groups is 1. The lowest BCUT2D eigenvalue weighted by Gasteiger charge is -2.37. The molecule has 1 saturated carbocycles. The maximum Gasteiger partial charge on any atom is 0.126 e. The Hall–Kier alpha value is -1.67. The lowest BCUT2D eigenvalue weighted by Crippen LogP contribution is -2.31. The highest BCUT2D eigenvalue weighted by Gasteiger charge is 2.35. The normalized spacial score (nSPS) is 25.8. The Kier molecular flexibility index (Phi) is 3.81. The van der Waals surface area contributed by atoms with E-state index in [1.54, 1.807) is 19.1 Å². The second-order valence-corrected chi connectivity index (χ2v) is 6.18. The Balaban J connectivity index is 1.76. The molecular formula is C19H21FO. The minimum absolute atomic E-state index is 0.208. The summed E-state index contributed by atoms with van der Waals surface area (Å²) in [5, 5.41) is 10.9. The molecule has 0 saturated heterocycles. The quantitative estimate of drug-likeness (QED) is 0.849. The van der Waals surface area contributed by atoms with Crippen molar-refractivity contribution in [3.8, 4) is 0 Å². The Morgan fingerprint density at radius 2 is 1.71 bits per heavy atom. The van der Waals surface area contributed by atoms with Crippen LogP contribution in [0.15, 0.2) is 48.5 Å². The van der Waals surface area contributed by atoms with Crippen molar-refractivity contribution < 1.29 is 9.50 Å². The van der Waals surface area contributed by atoms with Gasteiger partial charge in [0.25, 0.3) is 0 Å². The van der Waals surface area contributed by atoms with Crippen molar-refractivity contribution in [1.29, 1.82) is 0 Å². The van der Waals surface area contributed by atoms with Gasteiger partial charge in [0.05, 0.1) is 5.60 Å². The first kappa shape index (κ1) is 14.3. The zero-order valence-corrected chi connectivity index (χ0v) is 12.3. The third-order valence-corrected chi connectivity index (χ3v) is 4.78. The minimum Gasteiger partial charge on any atom is -0.385 e. The molecule has 1 N–H and O–H groups in total. The van der Waals surface area contributed by atoms with Crippen LogP contribution >= 0.6 is 0 Å². The number of hydrogen-bond acceptors (Lipinski definition) is 1. The van der Waals surface area contributed by atoms with Gasteiger partial charge < -0.3 is 5.11 Å². The number of halogens is 1. The summed E-state index contributed by atoms with van der Waals surface area (Å²) in [5.74, 6) is 0.313. The maximum atomic E-state index is 13.4. The van der Waals surface area contributed by atoms with Crippen LogP contribution in [-0.2, 0) is 5.60 Å². The number of benzene rings is 2. The molecule has 0 bridgehead atoms. The van der Waals surface area contributed by atoms with Crippen LogP contribution in [0.1, 0.15) is 48.3 Å². The van der Waals surface area contributed by atoms with Gasteiger partial charge in [-0.1, -0.05) is 42.5 Å². The largest absolute Gasteiger partial charge is 0.385 e. The van der Waals surface area contributed by atoms with Crippen molar-refractivity contribution in [1.82, 2.24) is 0 Å². The van der Waals surface area contributed by atoms with E-state index in [-0.39, 0.29) is 5.82 Å². The second kappa shape index (κ2) is 5.61. The molecule has 3 rings (SSSR count). The number of rotatable bonds is 2. The lowest BCUT2D eigenvalue weighted by atomic mass is 9.73. The zero-order valence-electron chi connectivity index (χ0n) is 12.3. The van der Waals surface area contributed by atoms with Crippen LogP contribution < -0.4 is 0 Å². The van der Waals surface area contributed by atoms with Gasteiger partial charge in [0.15, 0.2) is 0 Å².